The monoisotopic (exact) mass is 324 g/mol. The molecule has 0 N–H and O–H groups in total. The van der Waals surface area contributed by atoms with Crippen molar-refractivity contribution in [3.05, 3.63) is 28.2 Å². The van der Waals surface area contributed by atoms with Crippen molar-refractivity contribution in [3.63, 3.8) is 0 Å². The highest BCUT2D eigenvalue weighted by Gasteiger charge is 2.38. The van der Waals surface area contributed by atoms with Crippen LogP contribution in [-0.4, -0.2) is 12.9 Å². The smallest absolute Gasteiger partial charge is 0.170 e. The summed E-state index contributed by atoms with van der Waals surface area (Å²) in [5, 5.41) is 0. The van der Waals surface area contributed by atoms with Crippen LogP contribution in [0.15, 0.2) is 22.7 Å². The van der Waals surface area contributed by atoms with Gasteiger partial charge in [-0.1, -0.05) is 42.6 Å². The first kappa shape index (κ1) is 14.6. The van der Waals surface area contributed by atoms with Crippen LogP contribution in [0.1, 0.15) is 49.9 Å². The Morgan fingerprint density at radius 1 is 1.37 bits per heavy atom. The lowest BCUT2D eigenvalue weighted by Gasteiger charge is -2.37. The molecule has 1 aliphatic rings. The number of carbonyl (C=O) groups excluding carboxylic acids is 1. The quantitative estimate of drug-likeness (QED) is 0.742. The maximum absolute atomic E-state index is 12.8. The maximum atomic E-state index is 12.8. The lowest BCUT2D eigenvalue weighted by atomic mass is 9.66. The van der Waals surface area contributed by atoms with Crippen LogP contribution in [0, 0.1) is 11.3 Å². The molecule has 0 spiro atoms. The SMILES string of the molecule is COc1ccc(Br)cc1C(=O)C1CCCCC1(C)C. The summed E-state index contributed by atoms with van der Waals surface area (Å²) in [4.78, 5) is 12.8. The number of rotatable bonds is 3. The molecule has 1 saturated carbocycles. The number of hydrogen-bond donors (Lipinski definition) is 0. The van der Waals surface area contributed by atoms with Gasteiger partial charge in [-0.3, -0.25) is 4.79 Å². The van der Waals surface area contributed by atoms with Crippen LogP contribution in [0.25, 0.3) is 0 Å². The van der Waals surface area contributed by atoms with E-state index in [-0.39, 0.29) is 17.1 Å². The largest absolute Gasteiger partial charge is 0.496 e. The summed E-state index contributed by atoms with van der Waals surface area (Å²) in [5.74, 6) is 1.00. The molecular weight excluding hydrogens is 304 g/mol. The summed E-state index contributed by atoms with van der Waals surface area (Å²) in [6.07, 6.45) is 4.49. The summed E-state index contributed by atoms with van der Waals surface area (Å²) < 4.78 is 6.26. The maximum Gasteiger partial charge on any atom is 0.170 e. The number of benzene rings is 1. The minimum atomic E-state index is 0.0860. The van der Waals surface area contributed by atoms with E-state index in [2.05, 4.69) is 29.8 Å². The number of methoxy groups -OCH3 is 1. The zero-order valence-electron chi connectivity index (χ0n) is 11.8. The zero-order chi connectivity index (χ0) is 14.0. The Kier molecular flexibility index (Phi) is 4.34. The van der Waals surface area contributed by atoms with Gasteiger partial charge in [0.25, 0.3) is 0 Å². The van der Waals surface area contributed by atoms with E-state index >= 15 is 0 Å². The predicted molar refractivity (Wildman–Crippen MR) is 80.8 cm³/mol. The van der Waals surface area contributed by atoms with E-state index < -0.39 is 0 Å². The summed E-state index contributed by atoms with van der Waals surface area (Å²) in [6, 6.07) is 5.64. The summed E-state index contributed by atoms with van der Waals surface area (Å²) in [5.41, 5.74) is 0.791. The molecule has 2 rings (SSSR count). The van der Waals surface area contributed by atoms with Gasteiger partial charge in [-0.05, 0) is 36.5 Å². The number of carbonyl (C=O) groups is 1. The Hall–Kier alpha value is -0.830. The van der Waals surface area contributed by atoms with Crippen molar-refractivity contribution in [2.75, 3.05) is 7.11 Å². The van der Waals surface area contributed by atoms with Crippen molar-refractivity contribution < 1.29 is 9.53 Å². The second-order valence-electron chi connectivity index (χ2n) is 6.00. The topological polar surface area (TPSA) is 26.3 Å². The molecule has 0 saturated heterocycles. The standard InChI is InChI=1S/C16H21BrO2/c1-16(2)9-5-4-6-13(16)15(18)12-10-11(17)7-8-14(12)19-3/h7-8,10,13H,4-6,9H2,1-3H3. The minimum absolute atomic E-state index is 0.0860. The van der Waals surface area contributed by atoms with Gasteiger partial charge in [0.1, 0.15) is 5.75 Å². The van der Waals surface area contributed by atoms with Crippen LogP contribution in [0.5, 0.6) is 5.75 Å². The van der Waals surface area contributed by atoms with Crippen LogP contribution >= 0.6 is 15.9 Å². The van der Waals surface area contributed by atoms with Gasteiger partial charge >= 0.3 is 0 Å². The Morgan fingerprint density at radius 3 is 2.74 bits per heavy atom. The third-order valence-corrected chi connectivity index (χ3v) is 4.74. The number of ether oxygens (including phenoxy) is 1. The molecule has 0 amide bonds. The molecule has 2 nitrogen and oxygen atoms in total. The molecule has 1 unspecified atom stereocenters. The summed E-state index contributed by atoms with van der Waals surface area (Å²) in [6.45, 7) is 4.42. The first-order chi connectivity index (χ1) is 8.95. The molecule has 1 aliphatic carbocycles. The molecule has 3 heteroatoms. The number of Topliss-reactive ketones (excluding diaryl/α,β-unsaturated/α-hetero) is 1. The fourth-order valence-corrected chi connectivity index (χ4v) is 3.40. The van der Waals surface area contributed by atoms with Gasteiger partial charge in [0.15, 0.2) is 5.78 Å². The van der Waals surface area contributed by atoms with E-state index in [0.717, 1.165) is 23.7 Å². The molecule has 0 aliphatic heterocycles. The molecule has 0 bridgehead atoms. The van der Waals surface area contributed by atoms with Crippen molar-refractivity contribution in [1.82, 2.24) is 0 Å². The lowest BCUT2D eigenvalue weighted by molar-refractivity contribution is 0.0694. The van der Waals surface area contributed by atoms with Crippen LogP contribution in [0.4, 0.5) is 0 Å². The van der Waals surface area contributed by atoms with Gasteiger partial charge in [0.05, 0.1) is 12.7 Å². The second-order valence-corrected chi connectivity index (χ2v) is 6.91. The molecule has 19 heavy (non-hydrogen) atoms. The van der Waals surface area contributed by atoms with E-state index in [9.17, 15) is 4.79 Å². The third kappa shape index (κ3) is 3.02. The highest BCUT2D eigenvalue weighted by Crippen LogP contribution is 2.43. The molecule has 1 aromatic carbocycles. The summed E-state index contributed by atoms with van der Waals surface area (Å²) in [7, 11) is 1.62. The lowest BCUT2D eigenvalue weighted by Crippen LogP contribution is -2.34. The van der Waals surface area contributed by atoms with E-state index in [0.29, 0.717) is 11.3 Å². The molecule has 0 aromatic heterocycles. The molecule has 0 radical (unpaired) electrons. The number of hydrogen-bond acceptors (Lipinski definition) is 2. The van der Waals surface area contributed by atoms with Gasteiger partial charge < -0.3 is 4.74 Å². The van der Waals surface area contributed by atoms with E-state index in [1.54, 1.807) is 7.11 Å². The van der Waals surface area contributed by atoms with E-state index in [1.807, 2.05) is 18.2 Å². The number of ketones is 1. The van der Waals surface area contributed by atoms with Crippen LogP contribution in [0.3, 0.4) is 0 Å². The van der Waals surface area contributed by atoms with Gasteiger partial charge in [0, 0.05) is 10.4 Å². The first-order valence-electron chi connectivity index (χ1n) is 6.83. The highest BCUT2D eigenvalue weighted by atomic mass is 79.9. The molecule has 1 fully saturated rings. The molecule has 1 aromatic rings. The Balaban J connectivity index is 2.35. The fourth-order valence-electron chi connectivity index (χ4n) is 3.04. The predicted octanol–water partition coefficient (Wildman–Crippen LogP) is 4.86. The Bertz CT molecular complexity index is 480. The van der Waals surface area contributed by atoms with Gasteiger partial charge in [-0.15, -0.1) is 0 Å². The van der Waals surface area contributed by atoms with Crippen LogP contribution in [-0.2, 0) is 0 Å². The fraction of sp³-hybridized carbons (Fsp3) is 0.562. The first-order valence-corrected chi connectivity index (χ1v) is 7.63. The van der Waals surface area contributed by atoms with Crippen molar-refractivity contribution >= 4 is 21.7 Å². The van der Waals surface area contributed by atoms with E-state index in [4.69, 9.17) is 4.74 Å². The summed E-state index contributed by atoms with van der Waals surface area (Å²) >= 11 is 3.44. The van der Waals surface area contributed by atoms with Gasteiger partial charge in [-0.25, -0.2) is 0 Å². The zero-order valence-corrected chi connectivity index (χ0v) is 13.4. The van der Waals surface area contributed by atoms with Crippen LogP contribution in [0.2, 0.25) is 0 Å². The number of halogens is 1. The molecule has 104 valence electrons. The van der Waals surface area contributed by atoms with Crippen LogP contribution < -0.4 is 4.74 Å². The third-order valence-electron chi connectivity index (χ3n) is 4.25. The average Bonchev–Trinajstić information content (AvgIpc) is 2.37. The molecular formula is C16H21BrO2. The average molecular weight is 325 g/mol. The van der Waals surface area contributed by atoms with Crippen molar-refractivity contribution in [3.8, 4) is 5.75 Å². The van der Waals surface area contributed by atoms with E-state index in [1.165, 1.54) is 6.42 Å². The van der Waals surface area contributed by atoms with Gasteiger partial charge in [0.2, 0.25) is 0 Å². The normalized spacial score (nSPS) is 22.0. The molecule has 0 heterocycles. The van der Waals surface area contributed by atoms with Crippen molar-refractivity contribution in [2.24, 2.45) is 11.3 Å². The van der Waals surface area contributed by atoms with Gasteiger partial charge in [-0.2, -0.15) is 0 Å². The van der Waals surface area contributed by atoms with Crippen molar-refractivity contribution in [1.29, 1.82) is 0 Å². The highest BCUT2D eigenvalue weighted by molar-refractivity contribution is 9.10. The molecule has 1 atom stereocenters. The Labute approximate surface area is 123 Å². The van der Waals surface area contributed by atoms with Crippen molar-refractivity contribution in [2.45, 2.75) is 39.5 Å². The minimum Gasteiger partial charge on any atom is -0.496 e. The Morgan fingerprint density at radius 2 is 2.11 bits per heavy atom. The second kappa shape index (κ2) is 5.66.